The molecule has 1 aromatic carbocycles. The minimum Gasteiger partial charge on any atom is -0.395 e. The average molecular weight is 442 g/mol. The average Bonchev–Trinajstić information content (AvgIpc) is 2.78. The quantitative estimate of drug-likeness (QED) is 0.387. The predicted molar refractivity (Wildman–Crippen MR) is 123 cm³/mol. The van der Waals surface area contributed by atoms with Gasteiger partial charge in [-0.3, -0.25) is 19.4 Å². The third-order valence-electron chi connectivity index (χ3n) is 5.08. The van der Waals surface area contributed by atoms with Gasteiger partial charge >= 0.3 is 0 Å². The highest BCUT2D eigenvalue weighted by molar-refractivity contribution is 5.92. The van der Waals surface area contributed by atoms with Gasteiger partial charge in [0.2, 0.25) is 11.8 Å². The van der Waals surface area contributed by atoms with Gasteiger partial charge in [0.15, 0.2) is 5.82 Å². The maximum absolute atomic E-state index is 12.6. The Labute approximate surface area is 188 Å². The van der Waals surface area contributed by atoms with Gasteiger partial charge in [0.05, 0.1) is 13.2 Å². The first kappa shape index (κ1) is 23.6. The summed E-state index contributed by atoms with van der Waals surface area (Å²) in [4.78, 5) is 37.0. The highest BCUT2D eigenvalue weighted by Crippen LogP contribution is 2.20. The second-order valence-corrected chi connectivity index (χ2v) is 7.63. The summed E-state index contributed by atoms with van der Waals surface area (Å²) in [5.41, 5.74) is 0.841. The number of aliphatic hydroxyl groups excluding tert-OH is 1. The lowest BCUT2D eigenvalue weighted by Gasteiger charge is -2.33. The molecule has 1 fully saturated rings. The van der Waals surface area contributed by atoms with E-state index in [1.54, 1.807) is 6.07 Å². The number of carbonyl (C=O) groups is 2. The fourth-order valence-electron chi connectivity index (χ4n) is 3.45. The lowest BCUT2D eigenvalue weighted by molar-refractivity contribution is -0.119. The molecule has 3 rings (SSSR count). The summed E-state index contributed by atoms with van der Waals surface area (Å²) in [5.74, 6) is 1.26. The number of β-amino-alcohol motifs (C(OH)–C–C–N with tert-alkyl or cyclic N) is 1. The topological polar surface area (TPSA) is 123 Å². The minimum atomic E-state index is -0.137. The van der Waals surface area contributed by atoms with Crippen LogP contribution in [0.1, 0.15) is 6.92 Å². The van der Waals surface area contributed by atoms with Gasteiger partial charge in [0.1, 0.15) is 11.6 Å². The van der Waals surface area contributed by atoms with E-state index >= 15 is 0 Å². The Morgan fingerprint density at radius 1 is 1.00 bits per heavy atom. The number of anilines is 2. The summed E-state index contributed by atoms with van der Waals surface area (Å²) >= 11 is 0. The Hall–Kier alpha value is -3.08. The van der Waals surface area contributed by atoms with E-state index in [1.807, 2.05) is 30.3 Å². The Morgan fingerprint density at radius 3 is 2.38 bits per heavy atom. The van der Waals surface area contributed by atoms with Gasteiger partial charge < -0.3 is 21.1 Å². The van der Waals surface area contributed by atoms with Crippen molar-refractivity contribution in [1.29, 1.82) is 0 Å². The zero-order valence-electron chi connectivity index (χ0n) is 18.4. The number of hydrogen-bond acceptors (Lipinski definition) is 8. The van der Waals surface area contributed by atoms with Gasteiger partial charge in [-0.05, 0) is 0 Å². The third kappa shape index (κ3) is 7.56. The van der Waals surface area contributed by atoms with Gasteiger partial charge in [0.25, 0.3) is 0 Å². The zero-order valence-corrected chi connectivity index (χ0v) is 18.4. The molecule has 10 nitrogen and oxygen atoms in total. The molecule has 172 valence electrons. The van der Waals surface area contributed by atoms with Crippen molar-refractivity contribution in [3.63, 3.8) is 0 Å². The number of carbonyl (C=O) groups excluding carboxylic acids is 2. The molecule has 0 saturated carbocycles. The molecule has 32 heavy (non-hydrogen) atoms. The predicted octanol–water partition coefficient (Wildman–Crippen LogP) is 0.240. The van der Waals surface area contributed by atoms with Crippen LogP contribution >= 0.6 is 0 Å². The molecule has 2 heterocycles. The number of nitrogens with one attached hydrogen (secondary N) is 3. The van der Waals surface area contributed by atoms with Crippen molar-refractivity contribution >= 4 is 23.5 Å². The molecule has 0 aliphatic carbocycles. The number of rotatable bonds is 10. The molecule has 0 radical (unpaired) electrons. The summed E-state index contributed by atoms with van der Waals surface area (Å²) in [7, 11) is 0. The first-order valence-electron chi connectivity index (χ1n) is 10.8. The Bertz CT molecular complexity index is 886. The van der Waals surface area contributed by atoms with E-state index in [-0.39, 0.29) is 25.0 Å². The van der Waals surface area contributed by atoms with Crippen molar-refractivity contribution in [2.24, 2.45) is 0 Å². The summed E-state index contributed by atoms with van der Waals surface area (Å²) < 4.78 is 0. The van der Waals surface area contributed by atoms with Crippen LogP contribution in [0.15, 0.2) is 36.4 Å². The Balaban J connectivity index is 1.64. The van der Waals surface area contributed by atoms with Crippen molar-refractivity contribution in [2.45, 2.75) is 6.92 Å². The lowest BCUT2D eigenvalue weighted by Crippen LogP contribution is -2.49. The van der Waals surface area contributed by atoms with E-state index in [4.69, 9.17) is 5.11 Å². The van der Waals surface area contributed by atoms with Crippen LogP contribution in [0.4, 0.5) is 11.6 Å². The normalized spacial score (nSPS) is 14.7. The number of aliphatic hydroxyl groups is 1. The van der Waals surface area contributed by atoms with Crippen LogP contribution in [-0.4, -0.2) is 95.7 Å². The lowest BCUT2D eigenvalue weighted by atomic mass is 10.2. The SMILES string of the molecule is CC(=O)NCCNc1cc(NC(=O)CN2CCN(CCO)CC2)nc(-c2ccccc2)n1. The maximum atomic E-state index is 12.6. The van der Waals surface area contributed by atoms with Gasteiger partial charge in [0, 0.05) is 64.4 Å². The van der Waals surface area contributed by atoms with E-state index in [1.165, 1.54) is 6.92 Å². The molecular weight excluding hydrogens is 410 g/mol. The zero-order chi connectivity index (χ0) is 22.8. The number of hydrogen-bond donors (Lipinski definition) is 4. The van der Waals surface area contributed by atoms with Crippen LogP contribution in [0.25, 0.3) is 11.4 Å². The fraction of sp³-hybridized carbons (Fsp3) is 0.455. The molecule has 4 N–H and O–H groups in total. The van der Waals surface area contributed by atoms with E-state index in [0.29, 0.717) is 37.1 Å². The van der Waals surface area contributed by atoms with Gasteiger partial charge in [-0.1, -0.05) is 30.3 Å². The summed E-state index contributed by atoms with van der Waals surface area (Å²) in [6, 6.07) is 11.2. The molecule has 1 aliphatic heterocycles. The van der Waals surface area contributed by atoms with Crippen LogP contribution in [0.3, 0.4) is 0 Å². The number of piperazine rings is 1. The van der Waals surface area contributed by atoms with Crippen LogP contribution in [-0.2, 0) is 9.59 Å². The molecule has 0 unspecified atom stereocenters. The molecule has 0 bridgehead atoms. The molecule has 2 aromatic rings. The Kier molecular flexibility index (Phi) is 8.90. The van der Waals surface area contributed by atoms with Crippen LogP contribution in [0.2, 0.25) is 0 Å². The smallest absolute Gasteiger partial charge is 0.239 e. The van der Waals surface area contributed by atoms with E-state index in [2.05, 4.69) is 35.7 Å². The molecule has 0 atom stereocenters. The van der Waals surface area contributed by atoms with Gasteiger partial charge in [-0.25, -0.2) is 9.97 Å². The summed E-state index contributed by atoms with van der Waals surface area (Å²) in [6.07, 6.45) is 0. The summed E-state index contributed by atoms with van der Waals surface area (Å²) in [5, 5.41) is 17.8. The molecular formula is C22H31N7O3. The first-order valence-corrected chi connectivity index (χ1v) is 10.8. The third-order valence-corrected chi connectivity index (χ3v) is 5.08. The summed E-state index contributed by atoms with van der Waals surface area (Å²) in [6.45, 7) is 6.76. The van der Waals surface area contributed by atoms with E-state index < -0.39 is 0 Å². The van der Waals surface area contributed by atoms with Crippen LogP contribution < -0.4 is 16.0 Å². The first-order chi connectivity index (χ1) is 15.5. The standard InChI is InChI=1S/C22H31N7O3/c1-17(31)23-7-8-24-19-15-20(27-22(26-19)18-5-3-2-4-6-18)25-21(32)16-29-11-9-28(10-12-29)13-14-30/h2-6,15,30H,7-14,16H2,1H3,(H,23,31)(H2,24,25,26,27,32). The maximum Gasteiger partial charge on any atom is 0.239 e. The van der Waals surface area contributed by atoms with Crippen molar-refractivity contribution in [3.05, 3.63) is 36.4 Å². The number of nitrogens with zero attached hydrogens (tertiary/aromatic N) is 4. The highest BCUT2D eigenvalue weighted by Gasteiger charge is 2.19. The highest BCUT2D eigenvalue weighted by atomic mass is 16.3. The second kappa shape index (κ2) is 12.1. The minimum absolute atomic E-state index is 0.0930. The van der Waals surface area contributed by atoms with Crippen molar-refractivity contribution < 1.29 is 14.7 Å². The number of amides is 2. The molecule has 0 spiro atoms. The Morgan fingerprint density at radius 2 is 1.69 bits per heavy atom. The molecule has 10 heteroatoms. The van der Waals surface area contributed by atoms with Gasteiger partial charge in [-0.2, -0.15) is 0 Å². The molecule has 1 aromatic heterocycles. The second-order valence-electron chi connectivity index (χ2n) is 7.63. The molecule has 2 amide bonds. The van der Waals surface area contributed by atoms with E-state index in [0.717, 1.165) is 31.7 Å². The monoisotopic (exact) mass is 441 g/mol. The largest absolute Gasteiger partial charge is 0.395 e. The molecule has 1 saturated heterocycles. The number of aromatic nitrogens is 2. The van der Waals surface area contributed by atoms with Crippen LogP contribution in [0, 0.1) is 0 Å². The van der Waals surface area contributed by atoms with Crippen molar-refractivity contribution in [2.75, 3.05) is 69.6 Å². The van der Waals surface area contributed by atoms with Crippen molar-refractivity contribution in [3.8, 4) is 11.4 Å². The van der Waals surface area contributed by atoms with Gasteiger partial charge in [-0.15, -0.1) is 0 Å². The van der Waals surface area contributed by atoms with Crippen LogP contribution in [0.5, 0.6) is 0 Å². The molecule has 1 aliphatic rings. The fourth-order valence-corrected chi connectivity index (χ4v) is 3.45. The van der Waals surface area contributed by atoms with Crippen molar-refractivity contribution in [1.82, 2.24) is 25.1 Å². The van der Waals surface area contributed by atoms with E-state index in [9.17, 15) is 9.59 Å². The number of benzene rings is 1.